The Hall–Kier alpha value is -2.02. The number of anilines is 1. The third kappa shape index (κ3) is 3.30. The van der Waals surface area contributed by atoms with Crippen LogP contribution in [0.1, 0.15) is 38.7 Å². The molecule has 0 saturated carbocycles. The van der Waals surface area contributed by atoms with E-state index in [0.717, 1.165) is 18.5 Å². The molecule has 1 aliphatic rings. The molecule has 0 aliphatic carbocycles. The Balaban J connectivity index is 1.92. The number of carbonyl (C=O) groups excluding carboxylic acids is 1. The minimum absolute atomic E-state index is 0.147. The number of hydrogen-bond donors (Lipinski definition) is 1. The lowest BCUT2D eigenvalue weighted by atomic mass is 9.97. The van der Waals surface area contributed by atoms with E-state index < -0.39 is 0 Å². The zero-order valence-corrected chi connectivity index (χ0v) is 12.1. The molecule has 2 rings (SSSR count). The Morgan fingerprint density at radius 2 is 1.90 bits per heavy atom. The molecule has 2 atom stereocenters. The number of nitriles is 1. The summed E-state index contributed by atoms with van der Waals surface area (Å²) in [5, 5.41) is 11.9. The van der Waals surface area contributed by atoms with Crippen molar-refractivity contribution in [2.45, 2.75) is 45.2 Å². The van der Waals surface area contributed by atoms with E-state index in [0.29, 0.717) is 24.2 Å². The van der Waals surface area contributed by atoms with Gasteiger partial charge in [0.1, 0.15) is 0 Å². The van der Waals surface area contributed by atoms with Gasteiger partial charge < -0.3 is 10.2 Å². The van der Waals surface area contributed by atoms with Crippen LogP contribution in [0.2, 0.25) is 0 Å². The molecular formula is C16H21N3O. The summed E-state index contributed by atoms with van der Waals surface area (Å²) >= 11 is 0. The molecule has 0 radical (unpaired) electrons. The third-order valence-corrected chi connectivity index (χ3v) is 3.94. The Labute approximate surface area is 120 Å². The lowest BCUT2D eigenvalue weighted by molar-refractivity contribution is -0.135. The third-order valence-electron chi connectivity index (χ3n) is 3.94. The topological polar surface area (TPSA) is 56.1 Å². The van der Waals surface area contributed by atoms with Gasteiger partial charge in [-0.25, -0.2) is 0 Å². The Morgan fingerprint density at radius 1 is 1.30 bits per heavy atom. The van der Waals surface area contributed by atoms with Gasteiger partial charge >= 0.3 is 0 Å². The van der Waals surface area contributed by atoms with Crippen LogP contribution in [-0.4, -0.2) is 29.4 Å². The fourth-order valence-electron chi connectivity index (χ4n) is 2.84. The molecule has 1 N–H and O–H groups in total. The van der Waals surface area contributed by atoms with Crippen LogP contribution in [0.5, 0.6) is 0 Å². The molecule has 0 aromatic heterocycles. The quantitative estimate of drug-likeness (QED) is 0.919. The zero-order chi connectivity index (χ0) is 14.5. The average molecular weight is 271 g/mol. The molecule has 1 aliphatic heterocycles. The van der Waals surface area contributed by atoms with Crippen LogP contribution >= 0.6 is 0 Å². The number of nitrogens with one attached hydrogen (secondary N) is 1. The molecule has 1 heterocycles. The number of rotatable bonds is 3. The van der Waals surface area contributed by atoms with Gasteiger partial charge in [-0.1, -0.05) is 0 Å². The standard InChI is InChI=1S/C16H21N3O/c1-12-4-3-5-13(2)19(12)16(20)11-18-15-8-6-14(10-17)7-9-15/h6-9,12-13,18H,3-5,11H2,1-2H3/t12-,13-/m1/s1. The van der Waals surface area contributed by atoms with E-state index in [4.69, 9.17) is 5.26 Å². The number of likely N-dealkylation sites (tertiary alicyclic amines) is 1. The molecule has 1 saturated heterocycles. The van der Waals surface area contributed by atoms with Crippen molar-refractivity contribution in [1.29, 1.82) is 5.26 Å². The lowest BCUT2D eigenvalue weighted by Crippen LogP contribution is -2.49. The number of benzene rings is 1. The average Bonchev–Trinajstić information content (AvgIpc) is 2.45. The molecule has 106 valence electrons. The second-order valence-electron chi connectivity index (χ2n) is 5.47. The van der Waals surface area contributed by atoms with Crippen molar-refractivity contribution in [3.05, 3.63) is 29.8 Å². The van der Waals surface area contributed by atoms with E-state index in [9.17, 15) is 4.79 Å². The van der Waals surface area contributed by atoms with Crippen LogP contribution in [0, 0.1) is 11.3 Å². The highest BCUT2D eigenvalue weighted by molar-refractivity contribution is 5.81. The monoisotopic (exact) mass is 271 g/mol. The second kappa shape index (κ2) is 6.42. The predicted octanol–water partition coefficient (Wildman–Crippen LogP) is 2.76. The molecule has 0 unspecified atom stereocenters. The highest BCUT2D eigenvalue weighted by atomic mass is 16.2. The largest absolute Gasteiger partial charge is 0.376 e. The van der Waals surface area contributed by atoms with Gasteiger partial charge in [0.15, 0.2) is 0 Å². The second-order valence-corrected chi connectivity index (χ2v) is 5.47. The first-order valence-corrected chi connectivity index (χ1v) is 7.17. The first-order valence-electron chi connectivity index (χ1n) is 7.17. The molecule has 1 amide bonds. The summed E-state index contributed by atoms with van der Waals surface area (Å²) in [5.74, 6) is 0.147. The fraction of sp³-hybridized carbons (Fsp3) is 0.500. The van der Waals surface area contributed by atoms with E-state index >= 15 is 0 Å². The van der Waals surface area contributed by atoms with Gasteiger partial charge in [0.05, 0.1) is 18.2 Å². The maximum Gasteiger partial charge on any atom is 0.242 e. The number of piperidine rings is 1. The molecule has 0 bridgehead atoms. The van der Waals surface area contributed by atoms with E-state index in [1.165, 1.54) is 6.42 Å². The molecule has 1 aromatic rings. The minimum atomic E-state index is 0.147. The lowest BCUT2D eigenvalue weighted by Gasteiger charge is -2.39. The highest BCUT2D eigenvalue weighted by Gasteiger charge is 2.28. The van der Waals surface area contributed by atoms with Crippen LogP contribution < -0.4 is 5.32 Å². The Morgan fingerprint density at radius 3 is 2.45 bits per heavy atom. The summed E-state index contributed by atoms with van der Waals surface area (Å²) in [6.07, 6.45) is 3.38. The zero-order valence-electron chi connectivity index (χ0n) is 12.1. The summed E-state index contributed by atoms with van der Waals surface area (Å²) < 4.78 is 0. The summed E-state index contributed by atoms with van der Waals surface area (Å²) in [5.41, 5.74) is 1.50. The van der Waals surface area contributed by atoms with Crippen molar-refractivity contribution in [1.82, 2.24) is 4.90 Å². The van der Waals surface area contributed by atoms with Crippen LogP contribution in [0.3, 0.4) is 0 Å². The first kappa shape index (κ1) is 14.4. The molecular weight excluding hydrogens is 250 g/mol. The van der Waals surface area contributed by atoms with E-state index in [1.807, 2.05) is 17.0 Å². The minimum Gasteiger partial charge on any atom is -0.376 e. The van der Waals surface area contributed by atoms with Crippen molar-refractivity contribution in [2.24, 2.45) is 0 Å². The van der Waals surface area contributed by atoms with Crippen molar-refractivity contribution in [3.63, 3.8) is 0 Å². The molecule has 4 nitrogen and oxygen atoms in total. The SMILES string of the molecule is C[C@@H]1CCC[C@@H](C)N1C(=O)CNc1ccc(C#N)cc1. The van der Waals surface area contributed by atoms with E-state index in [-0.39, 0.29) is 5.91 Å². The van der Waals surface area contributed by atoms with Gasteiger partial charge in [0.2, 0.25) is 5.91 Å². The van der Waals surface area contributed by atoms with Crippen molar-refractivity contribution >= 4 is 11.6 Å². The number of hydrogen-bond acceptors (Lipinski definition) is 3. The van der Waals surface area contributed by atoms with Gasteiger partial charge in [-0.05, 0) is 57.4 Å². The highest BCUT2D eigenvalue weighted by Crippen LogP contribution is 2.22. The first-order chi connectivity index (χ1) is 9.61. The summed E-state index contributed by atoms with van der Waals surface area (Å²) in [7, 11) is 0. The van der Waals surface area contributed by atoms with Crippen molar-refractivity contribution in [3.8, 4) is 6.07 Å². The summed E-state index contributed by atoms with van der Waals surface area (Å²) in [6, 6.07) is 9.89. The molecule has 20 heavy (non-hydrogen) atoms. The Kier molecular flexibility index (Phi) is 4.62. The number of carbonyl (C=O) groups is 1. The Bertz CT molecular complexity index is 493. The predicted molar refractivity (Wildman–Crippen MR) is 79.3 cm³/mol. The summed E-state index contributed by atoms with van der Waals surface area (Å²) in [4.78, 5) is 14.3. The van der Waals surface area contributed by atoms with Crippen LogP contribution in [0.4, 0.5) is 5.69 Å². The van der Waals surface area contributed by atoms with Gasteiger partial charge in [-0.15, -0.1) is 0 Å². The van der Waals surface area contributed by atoms with Crippen LogP contribution in [0.15, 0.2) is 24.3 Å². The fourth-order valence-corrected chi connectivity index (χ4v) is 2.84. The van der Waals surface area contributed by atoms with Gasteiger partial charge in [-0.3, -0.25) is 4.79 Å². The van der Waals surface area contributed by atoms with Crippen molar-refractivity contribution < 1.29 is 4.79 Å². The maximum absolute atomic E-state index is 12.3. The molecule has 1 aromatic carbocycles. The normalized spacial score (nSPS) is 22.1. The van der Waals surface area contributed by atoms with Gasteiger partial charge in [0.25, 0.3) is 0 Å². The van der Waals surface area contributed by atoms with E-state index in [1.54, 1.807) is 12.1 Å². The van der Waals surface area contributed by atoms with Crippen LogP contribution in [0.25, 0.3) is 0 Å². The van der Waals surface area contributed by atoms with E-state index in [2.05, 4.69) is 25.2 Å². The number of nitrogens with zero attached hydrogens (tertiary/aromatic N) is 2. The van der Waals surface area contributed by atoms with Crippen molar-refractivity contribution in [2.75, 3.05) is 11.9 Å². The molecule has 4 heteroatoms. The van der Waals surface area contributed by atoms with Gasteiger partial charge in [-0.2, -0.15) is 5.26 Å². The smallest absolute Gasteiger partial charge is 0.242 e. The molecule has 1 fully saturated rings. The number of amides is 1. The van der Waals surface area contributed by atoms with Gasteiger partial charge in [0, 0.05) is 17.8 Å². The maximum atomic E-state index is 12.3. The summed E-state index contributed by atoms with van der Waals surface area (Å²) in [6.45, 7) is 4.55. The molecule has 0 spiro atoms. The van der Waals surface area contributed by atoms with Crippen LogP contribution in [-0.2, 0) is 4.79 Å².